The molecule has 2 aromatic heterocycles. The van der Waals surface area contributed by atoms with Gasteiger partial charge in [-0.05, 0) is 37.3 Å². The second-order valence-corrected chi connectivity index (χ2v) is 5.84. The number of amides is 1. The van der Waals surface area contributed by atoms with Gasteiger partial charge in [-0.3, -0.25) is 4.79 Å². The van der Waals surface area contributed by atoms with Crippen LogP contribution < -0.4 is 5.32 Å². The van der Waals surface area contributed by atoms with Gasteiger partial charge in [0.05, 0.1) is 0 Å². The molecule has 3 heterocycles. The zero-order valence-electron chi connectivity index (χ0n) is 13.1. The summed E-state index contributed by atoms with van der Waals surface area (Å²) >= 11 is 0. The molecule has 3 rings (SSSR count). The summed E-state index contributed by atoms with van der Waals surface area (Å²) in [6, 6.07) is 5.68. The molecule has 6 nitrogen and oxygen atoms in total. The largest absolute Gasteiger partial charge is 0.381 e. The molecule has 0 aromatic carbocycles. The van der Waals surface area contributed by atoms with Crippen molar-refractivity contribution in [1.82, 2.24) is 20.1 Å². The summed E-state index contributed by atoms with van der Waals surface area (Å²) in [4.78, 5) is 16.4. The quantitative estimate of drug-likeness (QED) is 0.886. The van der Waals surface area contributed by atoms with Crippen LogP contribution in [0.1, 0.15) is 31.2 Å². The third-order valence-electron chi connectivity index (χ3n) is 4.10. The molecule has 23 heavy (non-hydrogen) atoms. The van der Waals surface area contributed by atoms with E-state index in [1.807, 2.05) is 24.4 Å². The van der Waals surface area contributed by atoms with Crippen molar-refractivity contribution >= 4 is 5.91 Å². The summed E-state index contributed by atoms with van der Waals surface area (Å²) < 4.78 is 7.16. The number of carbonyl (C=O) groups is 1. The van der Waals surface area contributed by atoms with Crippen LogP contribution in [0.25, 0.3) is 5.82 Å². The second kappa shape index (κ2) is 7.87. The fourth-order valence-corrected chi connectivity index (χ4v) is 2.82. The van der Waals surface area contributed by atoms with E-state index >= 15 is 0 Å². The third-order valence-corrected chi connectivity index (χ3v) is 4.10. The Kier molecular flexibility index (Phi) is 5.37. The van der Waals surface area contributed by atoms with Crippen molar-refractivity contribution in [1.29, 1.82) is 0 Å². The van der Waals surface area contributed by atoms with E-state index in [1.165, 1.54) is 6.42 Å². The van der Waals surface area contributed by atoms with E-state index in [4.69, 9.17) is 4.74 Å². The topological polar surface area (TPSA) is 69.0 Å². The first-order chi connectivity index (χ1) is 11.3. The Hall–Kier alpha value is -2.21. The first-order valence-electron chi connectivity index (χ1n) is 8.11. The van der Waals surface area contributed by atoms with Crippen LogP contribution in [0.2, 0.25) is 0 Å². The van der Waals surface area contributed by atoms with Crippen LogP contribution in [0.15, 0.2) is 36.8 Å². The summed E-state index contributed by atoms with van der Waals surface area (Å²) in [7, 11) is 0. The number of pyridine rings is 1. The highest BCUT2D eigenvalue weighted by Gasteiger charge is 2.15. The highest BCUT2D eigenvalue weighted by atomic mass is 16.5. The van der Waals surface area contributed by atoms with Crippen molar-refractivity contribution in [2.75, 3.05) is 13.2 Å². The highest BCUT2D eigenvalue weighted by Crippen LogP contribution is 2.18. The Bertz CT molecular complexity index is 621. The maximum absolute atomic E-state index is 12.1. The SMILES string of the molecule is O=C(CC[C@H]1CCCOC1)NCc1cccnc1-n1cccn1. The van der Waals surface area contributed by atoms with Gasteiger partial charge in [-0.2, -0.15) is 5.10 Å². The molecule has 0 spiro atoms. The number of ether oxygens (including phenoxy) is 1. The van der Waals surface area contributed by atoms with E-state index in [-0.39, 0.29) is 5.91 Å². The van der Waals surface area contributed by atoms with Crippen molar-refractivity contribution in [3.8, 4) is 5.82 Å². The van der Waals surface area contributed by atoms with Crippen LogP contribution in [0.4, 0.5) is 0 Å². The average Bonchev–Trinajstić information content (AvgIpc) is 3.14. The first-order valence-corrected chi connectivity index (χ1v) is 8.11. The molecule has 1 N–H and O–H groups in total. The Balaban J connectivity index is 1.51. The van der Waals surface area contributed by atoms with Crippen molar-refractivity contribution in [2.24, 2.45) is 5.92 Å². The van der Waals surface area contributed by atoms with Gasteiger partial charge in [-0.15, -0.1) is 0 Å². The summed E-state index contributed by atoms with van der Waals surface area (Å²) in [6.45, 7) is 2.11. The molecule has 122 valence electrons. The highest BCUT2D eigenvalue weighted by molar-refractivity contribution is 5.75. The van der Waals surface area contributed by atoms with Crippen LogP contribution in [-0.4, -0.2) is 33.9 Å². The average molecular weight is 314 g/mol. The molecule has 0 aliphatic carbocycles. The van der Waals surface area contributed by atoms with Gasteiger partial charge in [0.2, 0.25) is 5.91 Å². The molecule has 1 aliphatic heterocycles. The van der Waals surface area contributed by atoms with Crippen LogP contribution >= 0.6 is 0 Å². The van der Waals surface area contributed by atoms with Gasteiger partial charge in [-0.1, -0.05) is 6.07 Å². The normalized spacial score (nSPS) is 17.8. The number of rotatable bonds is 6. The molecule has 1 amide bonds. The van der Waals surface area contributed by atoms with Gasteiger partial charge in [-0.25, -0.2) is 9.67 Å². The Morgan fingerprint density at radius 2 is 2.35 bits per heavy atom. The molecule has 0 radical (unpaired) electrons. The minimum Gasteiger partial charge on any atom is -0.381 e. The number of carbonyl (C=O) groups excluding carboxylic acids is 1. The molecule has 6 heteroatoms. The molecule has 1 fully saturated rings. The first kappa shape index (κ1) is 15.7. The summed E-state index contributed by atoms with van der Waals surface area (Å²) in [6.07, 6.45) is 9.00. The molecule has 2 aromatic rings. The monoisotopic (exact) mass is 314 g/mol. The minimum atomic E-state index is 0.0749. The van der Waals surface area contributed by atoms with E-state index < -0.39 is 0 Å². The van der Waals surface area contributed by atoms with Gasteiger partial charge in [0, 0.05) is 50.3 Å². The van der Waals surface area contributed by atoms with Gasteiger partial charge in [0.1, 0.15) is 0 Å². The number of hydrogen-bond donors (Lipinski definition) is 1. The lowest BCUT2D eigenvalue weighted by atomic mass is 9.97. The third kappa shape index (κ3) is 4.39. The molecule has 1 saturated heterocycles. The molecule has 1 atom stereocenters. The number of nitrogens with one attached hydrogen (secondary N) is 1. The van der Waals surface area contributed by atoms with Gasteiger partial charge in [0.25, 0.3) is 0 Å². The van der Waals surface area contributed by atoms with Gasteiger partial charge in [0.15, 0.2) is 5.82 Å². The summed E-state index contributed by atoms with van der Waals surface area (Å²) in [5, 5.41) is 7.18. The number of hydrogen-bond acceptors (Lipinski definition) is 4. The molecule has 0 saturated carbocycles. The van der Waals surface area contributed by atoms with Crippen molar-refractivity contribution in [3.05, 3.63) is 42.4 Å². The Labute approximate surface area is 135 Å². The summed E-state index contributed by atoms with van der Waals surface area (Å²) in [5.41, 5.74) is 0.950. The van der Waals surface area contributed by atoms with Crippen LogP contribution in [-0.2, 0) is 16.1 Å². The summed E-state index contributed by atoms with van der Waals surface area (Å²) in [5.74, 6) is 1.34. The standard InChI is InChI=1S/C17H22N4O2/c22-16(7-6-14-4-2-11-23-13-14)19-12-15-5-1-8-18-17(15)21-10-3-9-20-21/h1,3,5,8-10,14H,2,4,6-7,11-13H2,(H,19,22)/t14-/m1/s1. The van der Waals surface area contributed by atoms with E-state index in [9.17, 15) is 4.79 Å². The maximum Gasteiger partial charge on any atom is 0.220 e. The van der Waals surface area contributed by atoms with Crippen molar-refractivity contribution < 1.29 is 9.53 Å². The van der Waals surface area contributed by atoms with Gasteiger partial charge < -0.3 is 10.1 Å². The van der Waals surface area contributed by atoms with Crippen LogP contribution in [0.5, 0.6) is 0 Å². The molecular formula is C17H22N4O2. The zero-order chi connectivity index (χ0) is 15.9. The lowest BCUT2D eigenvalue weighted by molar-refractivity contribution is -0.121. The van der Waals surface area contributed by atoms with E-state index in [0.29, 0.717) is 18.9 Å². The zero-order valence-corrected chi connectivity index (χ0v) is 13.1. The molecular weight excluding hydrogens is 292 g/mol. The fraction of sp³-hybridized carbons (Fsp3) is 0.471. The molecule has 0 bridgehead atoms. The number of nitrogens with zero attached hydrogens (tertiary/aromatic N) is 3. The van der Waals surface area contributed by atoms with E-state index in [1.54, 1.807) is 17.1 Å². The molecule has 1 aliphatic rings. The van der Waals surface area contributed by atoms with Gasteiger partial charge >= 0.3 is 0 Å². The number of aromatic nitrogens is 3. The predicted molar refractivity (Wildman–Crippen MR) is 86.0 cm³/mol. The van der Waals surface area contributed by atoms with Crippen molar-refractivity contribution in [2.45, 2.75) is 32.2 Å². The van der Waals surface area contributed by atoms with E-state index in [2.05, 4.69) is 15.4 Å². The van der Waals surface area contributed by atoms with E-state index in [0.717, 1.165) is 37.4 Å². The van der Waals surface area contributed by atoms with Crippen LogP contribution in [0.3, 0.4) is 0 Å². The van der Waals surface area contributed by atoms with Crippen molar-refractivity contribution in [3.63, 3.8) is 0 Å². The fourth-order valence-electron chi connectivity index (χ4n) is 2.82. The van der Waals surface area contributed by atoms with Crippen LogP contribution in [0, 0.1) is 5.92 Å². The minimum absolute atomic E-state index is 0.0749. The predicted octanol–water partition coefficient (Wildman–Crippen LogP) is 2.09. The Morgan fingerprint density at radius 3 is 3.13 bits per heavy atom. The maximum atomic E-state index is 12.1. The molecule has 0 unspecified atom stereocenters. The lowest BCUT2D eigenvalue weighted by Gasteiger charge is -2.21. The smallest absolute Gasteiger partial charge is 0.220 e. The lowest BCUT2D eigenvalue weighted by Crippen LogP contribution is -2.25. The second-order valence-electron chi connectivity index (χ2n) is 5.84. The Morgan fingerprint density at radius 1 is 1.39 bits per heavy atom.